The van der Waals surface area contributed by atoms with Gasteiger partial charge in [0, 0.05) is 57.0 Å². The number of aliphatic hydroxyl groups is 1. The van der Waals surface area contributed by atoms with Crippen LogP contribution in [0, 0.1) is 5.82 Å². The van der Waals surface area contributed by atoms with E-state index in [9.17, 15) is 9.50 Å². The minimum atomic E-state index is -0.170. The van der Waals surface area contributed by atoms with E-state index < -0.39 is 0 Å². The van der Waals surface area contributed by atoms with E-state index in [0.29, 0.717) is 12.1 Å². The van der Waals surface area contributed by atoms with Crippen molar-refractivity contribution in [3.63, 3.8) is 0 Å². The van der Waals surface area contributed by atoms with E-state index in [1.54, 1.807) is 12.1 Å². The Morgan fingerprint density at radius 1 is 0.913 bits per heavy atom. The average Bonchev–Trinajstić information content (AvgIpc) is 2.94. The summed E-state index contributed by atoms with van der Waals surface area (Å²) in [5, 5.41) is 10.0. The minimum Gasteiger partial charge on any atom is -0.391 e. The van der Waals surface area contributed by atoms with Crippen molar-refractivity contribution in [3.8, 4) is 0 Å². The van der Waals surface area contributed by atoms with Crippen molar-refractivity contribution >= 4 is 5.69 Å². The SMILES string of the molecule is OC1CCCC1N1CC(N2CCN(c3ccc(F)cc3)CC2)C1. The van der Waals surface area contributed by atoms with Crippen molar-refractivity contribution in [2.24, 2.45) is 0 Å². The Morgan fingerprint density at radius 3 is 2.22 bits per heavy atom. The van der Waals surface area contributed by atoms with Gasteiger partial charge in [0.1, 0.15) is 5.82 Å². The van der Waals surface area contributed by atoms with Crippen molar-refractivity contribution in [1.82, 2.24) is 9.80 Å². The highest BCUT2D eigenvalue weighted by Crippen LogP contribution is 2.29. The number of anilines is 1. The van der Waals surface area contributed by atoms with E-state index in [0.717, 1.165) is 57.8 Å². The van der Waals surface area contributed by atoms with Crippen molar-refractivity contribution < 1.29 is 9.50 Å². The highest BCUT2D eigenvalue weighted by molar-refractivity contribution is 5.46. The molecule has 1 aromatic carbocycles. The van der Waals surface area contributed by atoms with Gasteiger partial charge in [0.05, 0.1) is 6.10 Å². The summed E-state index contributed by atoms with van der Waals surface area (Å²) in [4.78, 5) is 7.39. The number of piperazine rings is 1. The Morgan fingerprint density at radius 2 is 1.61 bits per heavy atom. The zero-order valence-corrected chi connectivity index (χ0v) is 13.6. The molecule has 4 rings (SSSR count). The largest absolute Gasteiger partial charge is 0.391 e. The summed E-state index contributed by atoms with van der Waals surface area (Å²) in [6.07, 6.45) is 3.20. The molecule has 0 bridgehead atoms. The molecule has 0 spiro atoms. The van der Waals surface area contributed by atoms with Crippen LogP contribution in [0.5, 0.6) is 0 Å². The second-order valence-electron chi connectivity index (χ2n) is 7.17. The molecule has 1 N–H and O–H groups in total. The molecule has 2 heterocycles. The number of hydrogen-bond donors (Lipinski definition) is 1. The second kappa shape index (κ2) is 6.38. The quantitative estimate of drug-likeness (QED) is 0.915. The molecule has 1 aromatic rings. The van der Waals surface area contributed by atoms with Gasteiger partial charge in [0.25, 0.3) is 0 Å². The summed E-state index contributed by atoms with van der Waals surface area (Å²) in [6, 6.07) is 7.89. The number of likely N-dealkylation sites (tertiary alicyclic amines) is 1. The lowest BCUT2D eigenvalue weighted by Crippen LogP contribution is -2.65. The third-order valence-electron chi connectivity index (χ3n) is 5.83. The van der Waals surface area contributed by atoms with Crippen molar-refractivity contribution in [1.29, 1.82) is 0 Å². The standard InChI is InChI=1S/C18H26FN3O/c19-14-4-6-15(7-5-14)20-8-10-21(11-9-20)16-12-22(13-16)17-2-1-3-18(17)23/h4-7,16-18,23H,1-3,8-13H2. The van der Waals surface area contributed by atoms with Crippen LogP contribution >= 0.6 is 0 Å². The van der Waals surface area contributed by atoms with Gasteiger partial charge in [-0.25, -0.2) is 4.39 Å². The Kier molecular flexibility index (Phi) is 4.26. The van der Waals surface area contributed by atoms with Gasteiger partial charge in [-0.15, -0.1) is 0 Å². The highest BCUT2D eigenvalue weighted by atomic mass is 19.1. The van der Waals surface area contributed by atoms with E-state index >= 15 is 0 Å². The van der Waals surface area contributed by atoms with E-state index in [4.69, 9.17) is 0 Å². The average molecular weight is 319 g/mol. The molecule has 2 aliphatic heterocycles. The summed E-state index contributed by atoms with van der Waals surface area (Å²) in [6.45, 7) is 6.38. The summed E-state index contributed by atoms with van der Waals surface area (Å²) < 4.78 is 13.0. The Hall–Kier alpha value is -1.17. The number of halogens is 1. The molecular weight excluding hydrogens is 293 g/mol. The normalized spacial score (nSPS) is 30.6. The van der Waals surface area contributed by atoms with Crippen molar-refractivity contribution in [2.45, 2.75) is 37.5 Å². The Labute approximate surface area is 137 Å². The number of hydrogen-bond acceptors (Lipinski definition) is 4. The summed E-state index contributed by atoms with van der Waals surface area (Å²) >= 11 is 0. The first-order valence-corrected chi connectivity index (χ1v) is 8.87. The molecular formula is C18H26FN3O. The van der Waals surface area contributed by atoms with Gasteiger partial charge in [0.15, 0.2) is 0 Å². The van der Waals surface area contributed by atoms with Gasteiger partial charge in [-0.05, 0) is 43.5 Å². The molecule has 3 fully saturated rings. The molecule has 4 nitrogen and oxygen atoms in total. The second-order valence-corrected chi connectivity index (χ2v) is 7.17. The fraction of sp³-hybridized carbons (Fsp3) is 0.667. The first-order chi connectivity index (χ1) is 11.2. The summed E-state index contributed by atoms with van der Waals surface area (Å²) in [7, 11) is 0. The van der Waals surface area contributed by atoms with Crippen LogP contribution in [0.3, 0.4) is 0 Å². The van der Waals surface area contributed by atoms with Crippen LogP contribution in [0.2, 0.25) is 0 Å². The molecule has 0 radical (unpaired) electrons. The zero-order chi connectivity index (χ0) is 15.8. The molecule has 23 heavy (non-hydrogen) atoms. The van der Waals surface area contributed by atoms with Crippen molar-refractivity contribution in [3.05, 3.63) is 30.1 Å². The minimum absolute atomic E-state index is 0.105. The van der Waals surface area contributed by atoms with E-state index in [1.165, 1.54) is 6.42 Å². The number of aliphatic hydroxyl groups excluding tert-OH is 1. The van der Waals surface area contributed by atoms with Crippen LogP contribution in [-0.4, -0.2) is 72.4 Å². The van der Waals surface area contributed by atoms with Crippen LogP contribution in [0.1, 0.15) is 19.3 Å². The molecule has 2 saturated heterocycles. The van der Waals surface area contributed by atoms with Crippen molar-refractivity contribution in [2.75, 3.05) is 44.2 Å². The first-order valence-electron chi connectivity index (χ1n) is 8.87. The molecule has 0 aromatic heterocycles. The van der Waals surface area contributed by atoms with Gasteiger partial charge in [-0.2, -0.15) is 0 Å². The van der Waals surface area contributed by atoms with Gasteiger partial charge in [0.2, 0.25) is 0 Å². The van der Waals surface area contributed by atoms with Gasteiger partial charge in [-0.3, -0.25) is 9.80 Å². The topological polar surface area (TPSA) is 30.0 Å². The van der Waals surface area contributed by atoms with E-state index in [1.807, 2.05) is 12.1 Å². The molecule has 1 aliphatic carbocycles. The molecule has 0 amide bonds. The number of benzene rings is 1. The van der Waals surface area contributed by atoms with Crippen LogP contribution in [-0.2, 0) is 0 Å². The summed E-state index contributed by atoms with van der Waals surface area (Å²) in [5.41, 5.74) is 1.12. The van der Waals surface area contributed by atoms with E-state index in [2.05, 4.69) is 14.7 Å². The molecule has 2 unspecified atom stereocenters. The smallest absolute Gasteiger partial charge is 0.123 e. The number of nitrogens with zero attached hydrogens (tertiary/aromatic N) is 3. The number of rotatable bonds is 3. The molecule has 2 atom stereocenters. The monoisotopic (exact) mass is 319 g/mol. The van der Waals surface area contributed by atoms with Crippen LogP contribution < -0.4 is 4.90 Å². The third kappa shape index (κ3) is 3.10. The predicted molar refractivity (Wildman–Crippen MR) is 89.2 cm³/mol. The molecule has 3 aliphatic rings. The lowest BCUT2D eigenvalue weighted by molar-refractivity contribution is -0.0294. The zero-order valence-electron chi connectivity index (χ0n) is 13.6. The van der Waals surface area contributed by atoms with E-state index in [-0.39, 0.29) is 11.9 Å². The lowest BCUT2D eigenvalue weighted by atomic mass is 10.0. The predicted octanol–water partition coefficient (Wildman–Crippen LogP) is 1.55. The molecule has 126 valence electrons. The maximum Gasteiger partial charge on any atom is 0.123 e. The lowest BCUT2D eigenvalue weighted by Gasteiger charge is -2.51. The van der Waals surface area contributed by atoms with Crippen LogP contribution in [0.25, 0.3) is 0 Å². The summed E-state index contributed by atoms with van der Waals surface area (Å²) in [5.74, 6) is -0.170. The van der Waals surface area contributed by atoms with Crippen LogP contribution in [0.15, 0.2) is 24.3 Å². The maximum absolute atomic E-state index is 13.0. The highest BCUT2D eigenvalue weighted by Gasteiger charge is 2.40. The third-order valence-corrected chi connectivity index (χ3v) is 5.83. The molecule has 1 saturated carbocycles. The molecule has 5 heteroatoms. The fourth-order valence-electron chi connectivity index (χ4n) is 4.33. The Bertz CT molecular complexity index is 524. The van der Waals surface area contributed by atoms with Gasteiger partial charge < -0.3 is 10.0 Å². The fourth-order valence-corrected chi connectivity index (χ4v) is 4.33. The maximum atomic E-state index is 13.0. The van der Waals surface area contributed by atoms with Gasteiger partial charge in [-0.1, -0.05) is 0 Å². The Balaban J connectivity index is 1.25. The van der Waals surface area contributed by atoms with Gasteiger partial charge >= 0.3 is 0 Å². The van der Waals surface area contributed by atoms with Crippen LogP contribution in [0.4, 0.5) is 10.1 Å². The first kappa shape index (κ1) is 15.4.